The van der Waals surface area contributed by atoms with Crippen molar-refractivity contribution in [2.75, 3.05) is 0 Å². The van der Waals surface area contributed by atoms with E-state index in [1.165, 1.54) is 0 Å². The van der Waals surface area contributed by atoms with Gasteiger partial charge in [-0.15, -0.1) is 0 Å². The van der Waals surface area contributed by atoms with E-state index < -0.39 is 23.5 Å². The van der Waals surface area contributed by atoms with Crippen molar-refractivity contribution >= 4 is 0 Å². The van der Waals surface area contributed by atoms with Crippen molar-refractivity contribution < 1.29 is 26.3 Å². The number of benzene rings is 1. The van der Waals surface area contributed by atoms with Crippen LogP contribution in [0.15, 0.2) is 18.2 Å². The fraction of sp³-hybridized carbons (Fsp3) is 0.571. The average Bonchev–Trinajstić information content (AvgIpc) is 2.31. The Morgan fingerprint density at radius 1 is 0.952 bits per heavy atom. The van der Waals surface area contributed by atoms with Gasteiger partial charge in [0.2, 0.25) is 0 Å². The molecule has 1 N–H and O–H groups in total. The Morgan fingerprint density at radius 2 is 1.43 bits per heavy atom. The highest BCUT2D eigenvalue weighted by molar-refractivity contribution is 5.33. The van der Waals surface area contributed by atoms with Gasteiger partial charge in [-0.1, -0.05) is 0 Å². The van der Waals surface area contributed by atoms with Crippen LogP contribution in [0.2, 0.25) is 0 Å². The van der Waals surface area contributed by atoms with E-state index in [1.807, 2.05) is 6.92 Å². The maximum absolute atomic E-state index is 12.7. The molecule has 118 valence electrons. The van der Waals surface area contributed by atoms with Crippen molar-refractivity contribution in [2.24, 2.45) is 0 Å². The molecule has 0 amide bonds. The summed E-state index contributed by atoms with van der Waals surface area (Å²) in [6.45, 7) is 1.90. The molecule has 0 aromatic heterocycles. The van der Waals surface area contributed by atoms with Gasteiger partial charge in [0.25, 0.3) is 0 Å². The van der Waals surface area contributed by atoms with Crippen molar-refractivity contribution in [3.8, 4) is 0 Å². The molecule has 1 aliphatic rings. The standard InChI is InChI=1S/C14H15F6N/c1-12(3-2-4-12)21-8-9-5-10(13(15,16)17)7-11(6-9)14(18,19)20/h5-7,21H,2-4,8H2,1H3. The molecule has 0 bridgehead atoms. The molecule has 7 heteroatoms. The van der Waals surface area contributed by atoms with Gasteiger partial charge < -0.3 is 5.32 Å². The summed E-state index contributed by atoms with van der Waals surface area (Å²) < 4.78 is 76.2. The number of hydrogen-bond acceptors (Lipinski definition) is 1. The predicted octanol–water partition coefficient (Wildman–Crippen LogP) is 4.76. The second kappa shape index (κ2) is 5.19. The van der Waals surface area contributed by atoms with Crippen LogP contribution in [0.1, 0.15) is 42.9 Å². The predicted molar refractivity (Wildman–Crippen MR) is 65.5 cm³/mol. The van der Waals surface area contributed by atoms with Gasteiger partial charge in [-0.3, -0.25) is 0 Å². The molecule has 1 aliphatic carbocycles. The van der Waals surface area contributed by atoms with E-state index in [4.69, 9.17) is 0 Å². The van der Waals surface area contributed by atoms with E-state index in [0.29, 0.717) is 0 Å². The molecule has 0 unspecified atom stereocenters. The molecule has 0 saturated heterocycles. The van der Waals surface area contributed by atoms with E-state index in [2.05, 4.69) is 5.32 Å². The zero-order valence-corrected chi connectivity index (χ0v) is 11.3. The number of alkyl halides is 6. The van der Waals surface area contributed by atoms with Crippen LogP contribution in [0.25, 0.3) is 0 Å². The van der Waals surface area contributed by atoms with Crippen LogP contribution in [0, 0.1) is 0 Å². The van der Waals surface area contributed by atoms with E-state index in [1.54, 1.807) is 0 Å². The van der Waals surface area contributed by atoms with Crippen LogP contribution in [-0.4, -0.2) is 5.54 Å². The summed E-state index contributed by atoms with van der Waals surface area (Å²) in [7, 11) is 0. The van der Waals surface area contributed by atoms with Gasteiger partial charge >= 0.3 is 12.4 Å². The summed E-state index contributed by atoms with van der Waals surface area (Å²) in [5.41, 5.74) is -2.74. The van der Waals surface area contributed by atoms with Crippen LogP contribution in [0.3, 0.4) is 0 Å². The van der Waals surface area contributed by atoms with Gasteiger partial charge in [0.05, 0.1) is 11.1 Å². The minimum atomic E-state index is -4.80. The van der Waals surface area contributed by atoms with Gasteiger partial charge in [0.15, 0.2) is 0 Å². The van der Waals surface area contributed by atoms with E-state index in [-0.39, 0.29) is 23.7 Å². The summed E-state index contributed by atoms with van der Waals surface area (Å²) in [5.74, 6) is 0. The van der Waals surface area contributed by atoms with Crippen molar-refractivity contribution in [1.82, 2.24) is 5.32 Å². The molecular formula is C14H15F6N. The molecule has 2 rings (SSSR count). The first-order chi connectivity index (χ1) is 9.50. The number of rotatable bonds is 3. The van der Waals surface area contributed by atoms with Crippen molar-refractivity contribution in [3.63, 3.8) is 0 Å². The molecule has 1 aromatic carbocycles. The van der Waals surface area contributed by atoms with Gasteiger partial charge in [-0.25, -0.2) is 0 Å². The average molecular weight is 311 g/mol. The molecule has 21 heavy (non-hydrogen) atoms. The Hall–Kier alpha value is -1.24. The lowest BCUT2D eigenvalue weighted by atomic mass is 9.78. The quantitative estimate of drug-likeness (QED) is 0.794. The van der Waals surface area contributed by atoms with Gasteiger partial charge in [0, 0.05) is 12.1 Å². The van der Waals surface area contributed by atoms with Crippen molar-refractivity contribution in [1.29, 1.82) is 0 Å². The fourth-order valence-corrected chi connectivity index (χ4v) is 2.32. The zero-order valence-electron chi connectivity index (χ0n) is 11.3. The molecule has 0 heterocycles. The third-order valence-electron chi connectivity index (χ3n) is 3.82. The van der Waals surface area contributed by atoms with Gasteiger partial charge in [0.1, 0.15) is 0 Å². The number of hydrogen-bond donors (Lipinski definition) is 1. The third kappa shape index (κ3) is 3.90. The summed E-state index contributed by atoms with van der Waals surface area (Å²) >= 11 is 0. The highest BCUT2D eigenvalue weighted by Crippen LogP contribution is 2.37. The maximum atomic E-state index is 12.7. The Labute approximate surface area is 118 Å². The largest absolute Gasteiger partial charge is 0.416 e. The van der Waals surface area contributed by atoms with Crippen LogP contribution in [0.5, 0.6) is 0 Å². The third-order valence-corrected chi connectivity index (χ3v) is 3.82. The lowest BCUT2D eigenvalue weighted by molar-refractivity contribution is -0.143. The van der Waals surface area contributed by atoms with Crippen molar-refractivity contribution in [2.45, 2.75) is 50.6 Å². The normalized spacial score (nSPS) is 18.4. The summed E-state index contributed by atoms with van der Waals surface area (Å²) in [6, 6.07) is 1.68. The Bertz CT molecular complexity index is 481. The second-order valence-corrected chi connectivity index (χ2v) is 5.68. The molecule has 1 aromatic rings. The van der Waals surface area contributed by atoms with Crippen LogP contribution >= 0.6 is 0 Å². The highest BCUT2D eigenvalue weighted by atomic mass is 19.4. The second-order valence-electron chi connectivity index (χ2n) is 5.68. The molecule has 0 spiro atoms. The van der Waals surface area contributed by atoms with Crippen LogP contribution in [0.4, 0.5) is 26.3 Å². The minimum absolute atomic E-state index is 0.00900. The Kier molecular flexibility index (Phi) is 3.99. The summed E-state index contributed by atoms with van der Waals surface area (Å²) in [4.78, 5) is 0. The van der Waals surface area contributed by atoms with E-state index in [0.717, 1.165) is 31.4 Å². The first kappa shape index (κ1) is 16.1. The number of nitrogens with one attached hydrogen (secondary N) is 1. The van der Waals surface area contributed by atoms with Crippen LogP contribution < -0.4 is 5.32 Å². The molecule has 0 atom stereocenters. The van der Waals surface area contributed by atoms with Gasteiger partial charge in [-0.05, 0) is 49.9 Å². The molecule has 0 radical (unpaired) electrons. The zero-order chi connectivity index (χ0) is 15.9. The molecular weight excluding hydrogens is 296 g/mol. The lowest BCUT2D eigenvalue weighted by Gasteiger charge is -2.39. The minimum Gasteiger partial charge on any atom is -0.307 e. The number of halogens is 6. The highest BCUT2D eigenvalue weighted by Gasteiger charge is 2.37. The van der Waals surface area contributed by atoms with E-state index >= 15 is 0 Å². The van der Waals surface area contributed by atoms with Crippen LogP contribution in [-0.2, 0) is 18.9 Å². The first-order valence-electron chi connectivity index (χ1n) is 6.53. The molecule has 0 aliphatic heterocycles. The smallest absolute Gasteiger partial charge is 0.307 e. The SMILES string of the molecule is CC1(NCc2cc(C(F)(F)F)cc(C(F)(F)F)c2)CCC1. The fourth-order valence-electron chi connectivity index (χ4n) is 2.32. The lowest BCUT2D eigenvalue weighted by Crippen LogP contribution is -2.47. The van der Waals surface area contributed by atoms with Gasteiger partial charge in [-0.2, -0.15) is 26.3 Å². The molecule has 1 fully saturated rings. The monoisotopic (exact) mass is 311 g/mol. The topological polar surface area (TPSA) is 12.0 Å². The summed E-state index contributed by atoms with van der Waals surface area (Å²) in [6.07, 6.45) is -6.83. The van der Waals surface area contributed by atoms with Crippen molar-refractivity contribution in [3.05, 3.63) is 34.9 Å². The molecule has 1 saturated carbocycles. The molecule has 1 nitrogen and oxygen atoms in total. The first-order valence-corrected chi connectivity index (χ1v) is 6.53. The maximum Gasteiger partial charge on any atom is 0.416 e. The van der Waals surface area contributed by atoms with E-state index in [9.17, 15) is 26.3 Å². The Morgan fingerprint density at radius 3 is 1.76 bits per heavy atom. The summed E-state index contributed by atoms with van der Waals surface area (Å²) in [5, 5.41) is 3.03. The Balaban J connectivity index is 2.27.